The highest BCUT2D eigenvalue weighted by atomic mass is 15.0. The van der Waals surface area contributed by atoms with Crippen LogP contribution in [-0.4, -0.2) is 17.1 Å². The topological polar surface area (TPSA) is 50.9 Å². The van der Waals surface area contributed by atoms with E-state index < -0.39 is 0 Å². The predicted octanol–water partition coefficient (Wildman–Crippen LogP) is 3.45. The standard InChI is InChI=1S/C16H27N3/c1-16(2,3)12-9-10-15(18-11-12)19-14-8-6-4-5-7-13(14)17/h9-11,13-14H,4-8,17H2,1-3H3,(H,18,19). The Morgan fingerprint density at radius 2 is 1.89 bits per heavy atom. The molecule has 19 heavy (non-hydrogen) atoms. The number of nitrogens with two attached hydrogens (primary N) is 1. The Labute approximate surface area is 117 Å². The number of hydrogen-bond donors (Lipinski definition) is 2. The molecule has 3 heteroatoms. The third-order valence-electron chi connectivity index (χ3n) is 4.03. The van der Waals surface area contributed by atoms with Gasteiger partial charge >= 0.3 is 0 Å². The van der Waals surface area contributed by atoms with Crippen LogP contribution >= 0.6 is 0 Å². The Balaban J connectivity index is 2.02. The molecule has 3 nitrogen and oxygen atoms in total. The minimum atomic E-state index is 0.157. The first-order chi connectivity index (χ1) is 8.97. The molecule has 1 aliphatic rings. The molecule has 0 aromatic carbocycles. The van der Waals surface area contributed by atoms with Gasteiger partial charge < -0.3 is 11.1 Å². The van der Waals surface area contributed by atoms with Crippen LogP contribution in [0, 0.1) is 0 Å². The minimum absolute atomic E-state index is 0.157. The molecule has 1 fully saturated rings. The number of aromatic nitrogens is 1. The molecule has 0 saturated heterocycles. The Morgan fingerprint density at radius 1 is 1.16 bits per heavy atom. The van der Waals surface area contributed by atoms with Gasteiger partial charge in [0.25, 0.3) is 0 Å². The zero-order chi connectivity index (χ0) is 13.9. The van der Waals surface area contributed by atoms with Gasteiger partial charge in [0.05, 0.1) is 0 Å². The summed E-state index contributed by atoms with van der Waals surface area (Å²) >= 11 is 0. The fraction of sp³-hybridized carbons (Fsp3) is 0.688. The van der Waals surface area contributed by atoms with Crippen LogP contribution < -0.4 is 11.1 Å². The van der Waals surface area contributed by atoms with Gasteiger partial charge in [0.1, 0.15) is 5.82 Å². The molecule has 1 aliphatic carbocycles. The summed E-state index contributed by atoms with van der Waals surface area (Å²) in [4.78, 5) is 4.54. The lowest BCUT2D eigenvalue weighted by atomic mass is 9.88. The van der Waals surface area contributed by atoms with Crippen LogP contribution in [-0.2, 0) is 5.41 Å². The smallest absolute Gasteiger partial charge is 0.126 e. The lowest BCUT2D eigenvalue weighted by molar-refractivity contribution is 0.526. The summed E-state index contributed by atoms with van der Waals surface area (Å²) < 4.78 is 0. The van der Waals surface area contributed by atoms with E-state index in [4.69, 9.17) is 5.73 Å². The van der Waals surface area contributed by atoms with E-state index >= 15 is 0 Å². The molecular weight excluding hydrogens is 234 g/mol. The van der Waals surface area contributed by atoms with Gasteiger partial charge in [-0.25, -0.2) is 4.98 Å². The second kappa shape index (κ2) is 5.91. The number of hydrogen-bond acceptors (Lipinski definition) is 3. The van der Waals surface area contributed by atoms with Gasteiger partial charge in [0.2, 0.25) is 0 Å². The van der Waals surface area contributed by atoms with Gasteiger partial charge in [-0.05, 0) is 29.9 Å². The predicted molar refractivity (Wildman–Crippen MR) is 81.4 cm³/mol. The van der Waals surface area contributed by atoms with E-state index in [-0.39, 0.29) is 11.5 Å². The lowest BCUT2D eigenvalue weighted by Gasteiger charge is -2.24. The van der Waals surface area contributed by atoms with Gasteiger partial charge in [-0.15, -0.1) is 0 Å². The van der Waals surface area contributed by atoms with Crippen molar-refractivity contribution in [3.05, 3.63) is 23.9 Å². The molecule has 2 atom stereocenters. The zero-order valence-electron chi connectivity index (χ0n) is 12.4. The SMILES string of the molecule is CC(C)(C)c1ccc(NC2CCCCCC2N)nc1. The molecule has 2 rings (SSSR count). The first-order valence-corrected chi connectivity index (χ1v) is 7.45. The first-order valence-electron chi connectivity index (χ1n) is 7.45. The Hall–Kier alpha value is -1.09. The van der Waals surface area contributed by atoms with E-state index in [0.29, 0.717) is 6.04 Å². The van der Waals surface area contributed by atoms with Crippen molar-refractivity contribution in [2.75, 3.05) is 5.32 Å². The van der Waals surface area contributed by atoms with E-state index in [9.17, 15) is 0 Å². The molecule has 1 heterocycles. The molecule has 0 radical (unpaired) electrons. The van der Waals surface area contributed by atoms with Crippen LogP contribution in [0.2, 0.25) is 0 Å². The minimum Gasteiger partial charge on any atom is -0.366 e. The molecular formula is C16H27N3. The molecule has 1 aromatic heterocycles. The van der Waals surface area contributed by atoms with Crippen molar-refractivity contribution >= 4 is 5.82 Å². The summed E-state index contributed by atoms with van der Waals surface area (Å²) in [5.74, 6) is 0.954. The average molecular weight is 261 g/mol. The molecule has 1 saturated carbocycles. The monoisotopic (exact) mass is 261 g/mol. The summed E-state index contributed by atoms with van der Waals surface area (Å²) in [6, 6.07) is 4.87. The molecule has 0 aliphatic heterocycles. The maximum absolute atomic E-state index is 6.24. The Morgan fingerprint density at radius 3 is 2.53 bits per heavy atom. The molecule has 0 bridgehead atoms. The van der Waals surface area contributed by atoms with Crippen LogP contribution in [0.4, 0.5) is 5.82 Å². The first kappa shape index (κ1) is 14.3. The van der Waals surface area contributed by atoms with Crippen molar-refractivity contribution in [3.8, 4) is 0 Å². The summed E-state index contributed by atoms with van der Waals surface area (Å²) in [5.41, 5.74) is 7.66. The molecule has 0 spiro atoms. The second-order valence-corrected chi connectivity index (χ2v) is 6.73. The van der Waals surface area contributed by atoms with Crippen LogP contribution in [0.3, 0.4) is 0 Å². The number of pyridine rings is 1. The molecule has 2 unspecified atom stereocenters. The van der Waals surface area contributed by atoms with Crippen molar-refractivity contribution in [2.45, 2.75) is 70.4 Å². The highest BCUT2D eigenvalue weighted by Crippen LogP contribution is 2.23. The number of nitrogens with zero attached hydrogens (tertiary/aromatic N) is 1. The quantitative estimate of drug-likeness (QED) is 0.802. The highest BCUT2D eigenvalue weighted by Gasteiger charge is 2.20. The van der Waals surface area contributed by atoms with Crippen LogP contribution in [0.1, 0.15) is 58.4 Å². The van der Waals surface area contributed by atoms with Crippen molar-refractivity contribution < 1.29 is 0 Å². The van der Waals surface area contributed by atoms with Crippen LogP contribution in [0.5, 0.6) is 0 Å². The van der Waals surface area contributed by atoms with Gasteiger partial charge in [0, 0.05) is 18.3 Å². The Kier molecular flexibility index (Phi) is 4.46. The van der Waals surface area contributed by atoms with Crippen molar-refractivity contribution in [3.63, 3.8) is 0 Å². The molecule has 3 N–H and O–H groups in total. The molecule has 0 amide bonds. The van der Waals surface area contributed by atoms with Crippen molar-refractivity contribution in [2.24, 2.45) is 5.73 Å². The summed E-state index contributed by atoms with van der Waals surface area (Å²) in [6.07, 6.45) is 8.09. The molecule has 106 valence electrons. The second-order valence-electron chi connectivity index (χ2n) is 6.73. The van der Waals surface area contributed by atoms with E-state index in [1.165, 1.54) is 24.8 Å². The number of nitrogens with one attached hydrogen (secondary N) is 1. The van der Waals surface area contributed by atoms with E-state index in [1.807, 2.05) is 6.20 Å². The van der Waals surface area contributed by atoms with Gasteiger partial charge in [-0.3, -0.25) is 0 Å². The zero-order valence-corrected chi connectivity index (χ0v) is 12.4. The summed E-state index contributed by atoms with van der Waals surface area (Å²) in [5, 5.41) is 3.51. The Bertz CT molecular complexity index is 391. The summed E-state index contributed by atoms with van der Waals surface area (Å²) in [6.45, 7) is 6.62. The number of anilines is 1. The van der Waals surface area contributed by atoms with Crippen LogP contribution in [0.15, 0.2) is 18.3 Å². The fourth-order valence-corrected chi connectivity index (χ4v) is 2.63. The maximum Gasteiger partial charge on any atom is 0.126 e. The third kappa shape index (κ3) is 3.93. The van der Waals surface area contributed by atoms with Gasteiger partial charge in [-0.2, -0.15) is 0 Å². The fourth-order valence-electron chi connectivity index (χ4n) is 2.63. The third-order valence-corrected chi connectivity index (χ3v) is 4.03. The van der Waals surface area contributed by atoms with Gasteiger partial charge in [-0.1, -0.05) is 46.1 Å². The normalized spacial score (nSPS) is 24.8. The average Bonchev–Trinajstić information content (AvgIpc) is 2.55. The summed E-state index contributed by atoms with van der Waals surface area (Å²) in [7, 11) is 0. The van der Waals surface area contributed by atoms with E-state index in [1.54, 1.807) is 0 Å². The van der Waals surface area contributed by atoms with Crippen molar-refractivity contribution in [1.82, 2.24) is 4.98 Å². The van der Waals surface area contributed by atoms with Crippen LogP contribution in [0.25, 0.3) is 0 Å². The van der Waals surface area contributed by atoms with E-state index in [2.05, 4.69) is 43.2 Å². The molecule has 1 aromatic rings. The van der Waals surface area contributed by atoms with E-state index in [0.717, 1.165) is 18.7 Å². The van der Waals surface area contributed by atoms with Gasteiger partial charge in [0.15, 0.2) is 0 Å². The lowest BCUT2D eigenvalue weighted by Crippen LogP contribution is -2.39. The number of rotatable bonds is 2. The van der Waals surface area contributed by atoms with Crippen molar-refractivity contribution in [1.29, 1.82) is 0 Å². The maximum atomic E-state index is 6.24. The largest absolute Gasteiger partial charge is 0.366 e. The highest BCUT2D eigenvalue weighted by molar-refractivity contribution is 5.38.